The number of aromatic nitrogens is 2. The van der Waals surface area contributed by atoms with E-state index in [2.05, 4.69) is 36.4 Å². The summed E-state index contributed by atoms with van der Waals surface area (Å²) in [5.74, 6) is 0.651. The molecule has 1 aliphatic heterocycles. The molecule has 0 unspecified atom stereocenters. The van der Waals surface area contributed by atoms with Crippen molar-refractivity contribution in [3.05, 3.63) is 52.0 Å². The van der Waals surface area contributed by atoms with Crippen LogP contribution in [0.3, 0.4) is 0 Å². The van der Waals surface area contributed by atoms with Crippen molar-refractivity contribution in [2.45, 2.75) is 13.8 Å². The standard InChI is InChI=1S/C15H17BrN5O.C2H6.Nd/c1-20-10-11(16)8-13(15(20)22)19-14-3-2-12(9-18-14)21-6-4-17-5-7-21;1-2;/h2-4,8-10,17H,5-7H2,1H3,(H,18,19);1-2H3;/q-1;;. The number of piperazine rings is 1. The largest absolute Gasteiger partial charge is 0.467 e. The zero-order chi connectivity index (χ0) is 17.5. The van der Waals surface area contributed by atoms with E-state index in [1.165, 1.54) is 4.57 Å². The summed E-state index contributed by atoms with van der Waals surface area (Å²) < 4.78 is 2.36. The number of nitrogens with zero attached hydrogens (tertiary/aromatic N) is 3. The summed E-state index contributed by atoms with van der Waals surface area (Å²) in [6.45, 7) is 8.80. The third kappa shape index (κ3) is 6.30. The molecular formula is C17H23BrN5NdO-. The molecule has 0 aliphatic carbocycles. The Morgan fingerprint density at radius 3 is 2.72 bits per heavy atom. The van der Waals surface area contributed by atoms with Crippen LogP contribution in [0.2, 0.25) is 0 Å². The van der Waals surface area contributed by atoms with E-state index in [1.807, 2.05) is 38.7 Å². The Bertz CT molecular complexity index is 714. The molecule has 0 spiro atoms. The zero-order valence-electron chi connectivity index (χ0n) is 14.7. The van der Waals surface area contributed by atoms with E-state index in [4.69, 9.17) is 0 Å². The minimum absolute atomic E-state index is 0. The fourth-order valence-corrected chi connectivity index (χ4v) is 2.88. The van der Waals surface area contributed by atoms with Gasteiger partial charge in [-0.25, -0.2) is 11.5 Å². The number of rotatable bonds is 3. The third-order valence-corrected chi connectivity index (χ3v) is 3.94. The molecule has 2 aromatic rings. The molecule has 0 bridgehead atoms. The first-order valence-electron chi connectivity index (χ1n) is 8.03. The van der Waals surface area contributed by atoms with Crippen molar-refractivity contribution in [3.8, 4) is 0 Å². The minimum Gasteiger partial charge on any atom is -0.467 e. The van der Waals surface area contributed by atoms with Crippen LogP contribution in [0.4, 0.5) is 17.2 Å². The quantitative estimate of drug-likeness (QED) is 0.590. The molecule has 0 radical (unpaired) electrons. The Kier molecular flexibility index (Phi) is 10.1. The van der Waals surface area contributed by atoms with Crippen LogP contribution in [0.1, 0.15) is 13.8 Å². The van der Waals surface area contributed by atoms with Gasteiger partial charge in [-0.3, -0.25) is 4.79 Å². The summed E-state index contributed by atoms with van der Waals surface area (Å²) >= 11 is 3.39. The number of pyridine rings is 2. The summed E-state index contributed by atoms with van der Waals surface area (Å²) in [6.07, 6.45) is 3.55. The average Bonchev–Trinajstić information content (AvgIpc) is 2.62. The van der Waals surface area contributed by atoms with Gasteiger partial charge in [0.05, 0.1) is 11.9 Å². The second kappa shape index (κ2) is 11.3. The summed E-state index contributed by atoms with van der Waals surface area (Å²) in [6, 6.07) is 5.65. The van der Waals surface area contributed by atoms with E-state index < -0.39 is 0 Å². The fraction of sp³-hybridized carbons (Fsp3) is 0.353. The molecule has 6 nitrogen and oxygen atoms in total. The van der Waals surface area contributed by atoms with Crippen LogP contribution in [0.5, 0.6) is 0 Å². The summed E-state index contributed by atoms with van der Waals surface area (Å²) in [5.41, 5.74) is 1.48. The average molecular weight is 538 g/mol. The van der Waals surface area contributed by atoms with Gasteiger partial charge in [0.2, 0.25) is 0 Å². The second-order valence-corrected chi connectivity index (χ2v) is 6.03. The molecule has 1 fully saturated rings. The van der Waals surface area contributed by atoms with Crippen molar-refractivity contribution in [1.82, 2.24) is 14.9 Å². The maximum Gasteiger partial charge on any atom is 0.274 e. The fourth-order valence-electron chi connectivity index (χ4n) is 2.35. The molecule has 1 aliphatic rings. The van der Waals surface area contributed by atoms with E-state index in [1.54, 1.807) is 19.3 Å². The van der Waals surface area contributed by atoms with Gasteiger partial charge in [0, 0.05) is 65.1 Å². The van der Waals surface area contributed by atoms with Gasteiger partial charge >= 0.3 is 0 Å². The molecule has 0 amide bonds. The van der Waals surface area contributed by atoms with Gasteiger partial charge in [0.25, 0.3) is 5.56 Å². The first-order valence-corrected chi connectivity index (χ1v) is 8.82. The number of anilines is 3. The first-order chi connectivity index (χ1) is 11.6. The number of halogens is 1. The second-order valence-electron chi connectivity index (χ2n) is 5.12. The molecule has 8 heteroatoms. The predicted molar refractivity (Wildman–Crippen MR) is 103 cm³/mol. The minimum atomic E-state index is -0.0919. The monoisotopic (exact) mass is 534 g/mol. The number of hydrogen-bond acceptors (Lipinski definition) is 5. The predicted octanol–water partition coefficient (Wildman–Crippen LogP) is 2.88. The molecular weight excluding hydrogens is 514 g/mol. The molecule has 0 atom stereocenters. The van der Waals surface area contributed by atoms with Crippen molar-refractivity contribution in [1.29, 1.82) is 0 Å². The third-order valence-electron chi connectivity index (χ3n) is 3.51. The van der Waals surface area contributed by atoms with Crippen LogP contribution in [-0.2, 0) is 7.05 Å². The van der Waals surface area contributed by atoms with Crippen molar-refractivity contribution in [2.24, 2.45) is 7.05 Å². The summed E-state index contributed by atoms with van der Waals surface area (Å²) in [5, 5.41) is 6.28. The van der Waals surface area contributed by atoms with Crippen molar-refractivity contribution in [2.75, 3.05) is 29.9 Å². The molecule has 2 N–H and O–H groups in total. The summed E-state index contributed by atoms with van der Waals surface area (Å²) in [7, 11) is 1.72. The molecule has 0 aromatic carbocycles. The normalized spacial score (nSPS) is 13.4. The topological polar surface area (TPSA) is 62.2 Å². The molecule has 0 saturated carbocycles. The maximum absolute atomic E-state index is 12.1. The Morgan fingerprint density at radius 2 is 2.12 bits per heavy atom. The Hall–Kier alpha value is -0.509. The zero-order valence-corrected chi connectivity index (χ0v) is 19.5. The SMILES string of the molecule is CC.Cn1cc(Br)cc(Nc2ccc(N3C[CH-]NCC3)cn2)c1=O.[Nd]. The van der Waals surface area contributed by atoms with Gasteiger partial charge in [-0.2, -0.15) is 0 Å². The molecule has 2 aromatic heterocycles. The van der Waals surface area contributed by atoms with E-state index in [0.717, 1.165) is 29.8 Å². The Balaban J connectivity index is 0.00000101. The molecule has 1 saturated heterocycles. The maximum atomic E-state index is 12.1. The van der Waals surface area contributed by atoms with Crippen LogP contribution in [0.15, 0.2) is 39.9 Å². The van der Waals surface area contributed by atoms with Gasteiger partial charge < -0.3 is 20.1 Å². The molecule has 25 heavy (non-hydrogen) atoms. The molecule has 134 valence electrons. The van der Waals surface area contributed by atoms with Gasteiger partial charge in [-0.1, -0.05) is 20.4 Å². The van der Waals surface area contributed by atoms with Gasteiger partial charge in [-0.05, 0) is 40.7 Å². The van der Waals surface area contributed by atoms with Crippen LogP contribution in [0.25, 0.3) is 0 Å². The van der Waals surface area contributed by atoms with Gasteiger partial charge in [-0.15, -0.1) is 0 Å². The van der Waals surface area contributed by atoms with Crippen molar-refractivity contribution in [3.63, 3.8) is 0 Å². The molecule has 3 heterocycles. The van der Waals surface area contributed by atoms with Gasteiger partial charge in [0.15, 0.2) is 0 Å². The van der Waals surface area contributed by atoms with E-state index in [-0.39, 0.29) is 46.4 Å². The van der Waals surface area contributed by atoms with Crippen molar-refractivity contribution >= 4 is 33.1 Å². The van der Waals surface area contributed by atoms with Crippen LogP contribution >= 0.6 is 15.9 Å². The van der Waals surface area contributed by atoms with Crippen LogP contribution in [0, 0.1) is 47.4 Å². The van der Waals surface area contributed by atoms with Gasteiger partial charge in [0.1, 0.15) is 11.5 Å². The Morgan fingerprint density at radius 1 is 1.36 bits per heavy atom. The smallest absolute Gasteiger partial charge is 0.274 e. The van der Waals surface area contributed by atoms with Crippen molar-refractivity contribution < 1.29 is 40.8 Å². The number of aryl methyl sites for hydroxylation is 1. The number of nitrogens with one attached hydrogen (secondary N) is 2. The number of hydrogen-bond donors (Lipinski definition) is 2. The first kappa shape index (κ1) is 22.5. The van der Waals surface area contributed by atoms with Crippen LogP contribution < -0.4 is 21.1 Å². The van der Waals surface area contributed by atoms with E-state index in [0.29, 0.717) is 11.5 Å². The van der Waals surface area contributed by atoms with Crippen LogP contribution in [-0.4, -0.2) is 29.2 Å². The van der Waals surface area contributed by atoms with E-state index in [9.17, 15) is 4.79 Å². The molecule has 3 rings (SSSR count). The summed E-state index contributed by atoms with van der Waals surface area (Å²) in [4.78, 5) is 18.7. The van der Waals surface area contributed by atoms with E-state index >= 15 is 0 Å². The Labute approximate surface area is 190 Å².